The lowest BCUT2D eigenvalue weighted by Gasteiger charge is -2.19. The van der Waals surface area contributed by atoms with Crippen LogP contribution in [-0.2, 0) is 9.53 Å². The highest BCUT2D eigenvalue weighted by Crippen LogP contribution is 2.19. The van der Waals surface area contributed by atoms with Gasteiger partial charge in [0.25, 0.3) is 0 Å². The van der Waals surface area contributed by atoms with Crippen LogP contribution in [0.1, 0.15) is 27.2 Å². The second-order valence-electron chi connectivity index (χ2n) is 4.82. The summed E-state index contributed by atoms with van der Waals surface area (Å²) in [4.78, 5) is 11.8. The number of benzene rings is 1. The number of carbonyl (C=O) groups is 1. The van der Waals surface area contributed by atoms with E-state index >= 15 is 0 Å². The minimum atomic E-state index is -1.03. The van der Waals surface area contributed by atoms with Crippen LogP contribution in [0.5, 0.6) is 5.75 Å². The van der Waals surface area contributed by atoms with E-state index in [1.54, 1.807) is 6.92 Å². The zero-order valence-electron chi connectivity index (χ0n) is 12.5. The molecule has 0 aliphatic heterocycles. The SMILES string of the molecule is CCOC(=O)C(CCOc1cccc(F)c1F)NC(C)C. The Morgan fingerprint density at radius 3 is 2.67 bits per heavy atom. The lowest BCUT2D eigenvalue weighted by atomic mass is 10.2. The Morgan fingerprint density at radius 1 is 1.33 bits per heavy atom. The van der Waals surface area contributed by atoms with Gasteiger partial charge in [-0.15, -0.1) is 0 Å². The Hall–Kier alpha value is -1.69. The molecule has 0 saturated carbocycles. The van der Waals surface area contributed by atoms with Gasteiger partial charge in [0.2, 0.25) is 5.82 Å². The first-order valence-electron chi connectivity index (χ1n) is 6.95. The summed E-state index contributed by atoms with van der Waals surface area (Å²) in [6.07, 6.45) is 0.299. The molecule has 0 aliphatic rings. The van der Waals surface area contributed by atoms with Gasteiger partial charge in [0, 0.05) is 12.5 Å². The first kappa shape index (κ1) is 17.4. The fourth-order valence-corrected chi connectivity index (χ4v) is 1.80. The lowest BCUT2D eigenvalue weighted by Crippen LogP contribution is -2.42. The van der Waals surface area contributed by atoms with Crippen LogP contribution in [0.4, 0.5) is 8.78 Å². The van der Waals surface area contributed by atoms with Gasteiger partial charge < -0.3 is 14.8 Å². The van der Waals surface area contributed by atoms with Crippen LogP contribution in [0, 0.1) is 11.6 Å². The molecule has 1 atom stereocenters. The van der Waals surface area contributed by atoms with Crippen molar-refractivity contribution in [2.75, 3.05) is 13.2 Å². The normalized spacial score (nSPS) is 12.3. The van der Waals surface area contributed by atoms with Crippen LogP contribution in [0.3, 0.4) is 0 Å². The Kier molecular flexibility index (Phi) is 7.08. The van der Waals surface area contributed by atoms with Crippen LogP contribution in [0.2, 0.25) is 0 Å². The van der Waals surface area contributed by atoms with Gasteiger partial charge in [-0.25, -0.2) is 4.39 Å². The summed E-state index contributed by atoms with van der Waals surface area (Å²) in [5.41, 5.74) is 0. The van der Waals surface area contributed by atoms with Crippen molar-refractivity contribution in [3.8, 4) is 5.75 Å². The van der Waals surface area contributed by atoms with E-state index in [0.717, 1.165) is 6.07 Å². The summed E-state index contributed by atoms with van der Waals surface area (Å²) in [5, 5.41) is 3.05. The average molecular weight is 301 g/mol. The number of ether oxygens (including phenoxy) is 2. The van der Waals surface area contributed by atoms with E-state index in [4.69, 9.17) is 9.47 Å². The molecule has 0 saturated heterocycles. The van der Waals surface area contributed by atoms with E-state index in [-0.39, 0.29) is 31.0 Å². The molecule has 1 rings (SSSR count). The molecule has 21 heavy (non-hydrogen) atoms. The molecule has 0 heterocycles. The molecule has 0 fully saturated rings. The summed E-state index contributed by atoms with van der Waals surface area (Å²) in [6, 6.07) is 3.27. The van der Waals surface area contributed by atoms with Crippen LogP contribution < -0.4 is 10.1 Å². The highest BCUT2D eigenvalue weighted by molar-refractivity contribution is 5.75. The molecule has 0 bridgehead atoms. The number of nitrogens with one attached hydrogen (secondary N) is 1. The molecule has 1 aromatic carbocycles. The van der Waals surface area contributed by atoms with Gasteiger partial charge in [-0.3, -0.25) is 4.79 Å². The third kappa shape index (κ3) is 5.67. The van der Waals surface area contributed by atoms with Gasteiger partial charge in [0.05, 0.1) is 13.2 Å². The standard InChI is InChI=1S/C15H21F2NO3/c1-4-20-15(19)12(18-10(2)3)8-9-21-13-7-5-6-11(16)14(13)17/h5-7,10,12,18H,4,8-9H2,1-3H3. The maximum Gasteiger partial charge on any atom is 0.323 e. The minimum absolute atomic E-state index is 0.0730. The number of rotatable bonds is 8. The Bertz CT molecular complexity index is 466. The summed E-state index contributed by atoms with van der Waals surface area (Å²) >= 11 is 0. The van der Waals surface area contributed by atoms with Gasteiger partial charge in [0.15, 0.2) is 11.6 Å². The van der Waals surface area contributed by atoms with Crippen LogP contribution in [0.25, 0.3) is 0 Å². The maximum atomic E-state index is 13.4. The van der Waals surface area contributed by atoms with Crippen molar-refractivity contribution in [2.24, 2.45) is 0 Å². The Morgan fingerprint density at radius 2 is 2.05 bits per heavy atom. The van der Waals surface area contributed by atoms with Gasteiger partial charge >= 0.3 is 5.97 Å². The van der Waals surface area contributed by atoms with E-state index < -0.39 is 17.7 Å². The van der Waals surface area contributed by atoms with Gasteiger partial charge in [-0.1, -0.05) is 19.9 Å². The first-order valence-corrected chi connectivity index (χ1v) is 6.95. The van der Waals surface area contributed by atoms with Crippen molar-refractivity contribution >= 4 is 5.97 Å². The van der Waals surface area contributed by atoms with E-state index in [2.05, 4.69) is 5.32 Å². The smallest absolute Gasteiger partial charge is 0.323 e. The number of carbonyl (C=O) groups excluding carboxylic acids is 1. The minimum Gasteiger partial charge on any atom is -0.490 e. The third-order valence-corrected chi connectivity index (χ3v) is 2.69. The largest absolute Gasteiger partial charge is 0.490 e. The number of hydrogen-bond donors (Lipinski definition) is 1. The molecular formula is C15H21F2NO3. The first-order chi connectivity index (χ1) is 9.95. The molecule has 1 N–H and O–H groups in total. The van der Waals surface area contributed by atoms with E-state index in [9.17, 15) is 13.6 Å². The van der Waals surface area contributed by atoms with Crippen molar-refractivity contribution < 1.29 is 23.0 Å². The molecular weight excluding hydrogens is 280 g/mol. The van der Waals surface area contributed by atoms with Crippen LogP contribution >= 0.6 is 0 Å². The molecule has 0 radical (unpaired) electrons. The predicted molar refractivity (Wildman–Crippen MR) is 75.2 cm³/mol. The molecule has 6 heteroatoms. The number of hydrogen-bond acceptors (Lipinski definition) is 4. The zero-order valence-corrected chi connectivity index (χ0v) is 12.5. The van der Waals surface area contributed by atoms with Gasteiger partial charge in [0.1, 0.15) is 6.04 Å². The summed E-state index contributed by atoms with van der Waals surface area (Å²) < 4.78 is 36.6. The molecule has 1 unspecified atom stereocenters. The van der Waals surface area contributed by atoms with Crippen LogP contribution in [0.15, 0.2) is 18.2 Å². The molecule has 4 nitrogen and oxygen atoms in total. The maximum absolute atomic E-state index is 13.4. The lowest BCUT2D eigenvalue weighted by molar-refractivity contribution is -0.146. The topological polar surface area (TPSA) is 47.6 Å². The van der Waals surface area contributed by atoms with Crippen molar-refractivity contribution in [2.45, 2.75) is 39.3 Å². The fourth-order valence-electron chi connectivity index (χ4n) is 1.80. The predicted octanol–water partition coefficient (Wildman–Crippen LogP) is 2.66. The Balaban J connectivity index is 2.56. The van der Waals surface area contributed by atoms with Crippen molar-refractivity contribution in [3.05, 3.63) is 29.8 Å². The molecule has 1 aromatic rings. The molecule has 0 aromatic heterocycles. The quantitative estimate of drug-likeness (QED) is 0.750. The number of halogens is 2. The van der Waals surface area contributed by atoms with Crippen LogP contribution in [-0.4, -0.2) is 31.3 Å². The summed E-state index contributed by atoms with van der Waals surface area (Å²) in [6.45, 7) is 5.89. The van der Waals surface area contributed by atoms with E-state index in [1.807, 2.05) is 13.8 Å². The van der Waals surface area contributed by atoms with Crippen molar-refractivity contribution in [1.29, 1.82) is 0 Å². The average Bonchev–Trinajstić information content (AvgIpc) is 2.42. The molecule has 118 valence electrons. The monoisotopic (exact) mass is 301 g/mol. The zero-order chi connectivity index (χ0) is 15.8. The second-order valence-corrected chi connectivity index (χ2v) is 4.82. The highest BCUT2D eigenvalue weighted by atomic mass is 19.2. The molecule has 0 aliphatic carbocycles. The van der Waals surface area contributed by atoms with Crippen molar-refractivity contribution in [1.82, 2.24) is 5.32 Å². The Labute approximate surface area is 123 Å². The summed E-state index contributed by atoms with van der Waals surface area (Å²) in [7, 11) is 0. The van der Waals surface area contributed by atoms with Gasteiger partial charge in [-0.05, 0) is 19.1 Å². The fraction of sp³-hybridized carbons (Fsp3) is 0.533. The van der Waals surface area contributed by atoms with E-state index in [1.165, 1.54) is 12.1 Å². The molecule has 0 amide bonds. The third-order valence-electron chi connectivity index (χ3n) is 2.69. The van der Waals surface area contributed by atoms with Gasteiger partial charge in [-0.2, -0.15) is 4.39 Å². The van der Waals surface area contributed by atoms with Crippen molar-refractivity contribution in [3.63, 3.8) is 0 Å². The summed E-state index contributed by atoms with van der Waals surface area (Å²) in [5.74, 6) is -2.53. The highest BCUT2D eigenvalue weighted by Gasteiger charge is 2.20. The molecule has 0 spiro atoms. The number of esters is 1. The second kappa shape index (κ2) is 8.56. The van der Waals surface area contributed by atoms with E-state index in [0.29, 0.717) is 6.42 Å².